The SMILES string of the molecule is COC(=O)C1OC(OC2CCC3(C)C(CCC4(C)C3CC=C3C5CC(C)(C)CCC5(C(=O)O)CCC34C)C2(C)C)C(OC2OC(C)C(O)C(O)C2O)C(O)C1O. The molecule has 6 N–H and O–H groups in total. The van der Waals surface area contributed by atoms with Crippen LogP contribution in [0, 0.1) is 50.2 Å². The Hall–Kier alpha value is -1.68. The van der Waals surface area contributed by atoms with Gasteiger partial charge in [0, 0.05) is 0 Å². The molecule has 18 atom stereocenters. The van der Waals surface area contributed by atoms with E-state index in [9.17, 15) is 40.2 Å². The van der Waals surface area contributed by atoms with Gasteiger partial charge in [0.1, 0.15) is 36.6 Å². The number of methoxy groups -OCH3 is 1. The highest BCUT2D eigenvalue weighted by Gasteiger charge is 2.70. The Morgan fingerprint density at radius 2 is 1.43 bits per heavy atom. The zero-order chi connectivity index (χ0) is 41.1. The van der Waals surface area contributed by atoms with Crippen molar-refractivity contribution in [1.29, 1.82) is 0 Å². The molecule has 56 heavy (non-hydrogen) atoms. The molecule has 0 aromatic heterocycles. The van der Waals surface area contributed by atoms with Crippen LogP contribution >= 0.6 is 0 Å². The number of aliphatic hydroxyl groups is 5. The van der Waals surface area contributed by atoms with E-state index >= 15 is 0 Å². The van der Waals surface area contributed by atoms with E-state index in [0.29, 0.717) is 18.8 Å². The van der Waals surface area contributed by atoms with Gasteiger partial charge in [-0.15, -0.1) is 0 Å². The molecule has 0 radical (unpaired) electrons. The van der Waals surface area contributed by atoms with Crippen LogP contribution in [0.25, 0.3) is 0 Å². The van der Waals surface area contributed by atoms with Crippen molar-refractivity contribution in [3.8, 4) is 0 Å². The molecule has 7 aliphatic rings. The van der Waals surface area contributed by atoms with Crippen molar-refractivity contribution in [3.63, 3.8) is 0 Å². The molecule has 6 fully saturated rings. The maximum atomic E-state index is 13.1. The Morgan fingerprint density at radius 3 is 2.09 bits per heavy atom. The maximum absolute atomic E-state index is 13.1. The number of carbonyl (C=O) groups excluding carboxylic acids is 1. The molecule has 0 spiro atoms. The summed E-state index contributed by atoms with van der Waals surface area (Å²) in [6, 6.07) is 0. The summed E-state index contributed by atoms with van der Waals surface area (Å²) in [5, 5.41) is 64.6. The zero-order valence-corrected chi connectivity index (χ0v) is 34.8. The van der Waals surface area contributed by atoms with Gasteiger partial charge >= 0.3 is 11.9 Å². The van der Waals surface area contributed by atoms with E-state index in [4.69, 9.17) is 23.7 Å². The van der Waals surface area contributed by atoms with Crippen molar-refractivity contribution in [2.45, 2.75) is 187 Å². The van der Waals surface area contributed by atoms with Gasteiger partial charge in [0.25, 0.3) is 0 Å². The first-order chi connectivity index (χ1) is 26.0. The highest BCUT2D eigenvalue weighted by Crippen LogP contribution is 2.76. The summed E-state index contributed by atoms with van der Waals surface area (Å²) in [5.41, 5.74) is 0.135. The van der Waals surface area contributed by atoms with E-state index in [1.165, 1.54) is 12.5 Å². The minimum Gasteiger partial charge on any atom is -0.481 e. The number of carboxylic acids is 1. The normalized spacial score (nSPS) is 52.3. The molecular weight excluding hydrogens is 724 g/mol. The van der Waals surface area contributed by atoms with Crippen LogP contribution in [0.15, 0.2) is 11.6 Å². The van der Waals surface area contributed by atoms with Crippen molar-refractivity contribution in [2.24, 2.45) is 50.2 Å². The second-order valence-corrected chi connectivity index (χ2v) is 20.9. The zero-order valence-electron chi connectivity index (χ0n) is 34.8. The monoisotopic (exact) mass is 792 g/mol. The molecule has 4 saturated carbocycles. The molecule has 0 amide bonds. The van der Waals surface area contributed by atoms with Crippen LogP contribution in [0.1, 0.15) is 120 Å². The highest BCUT2D eigenvalue weighted by molar-refractivity contribution is 5.77. The van der Waals surface area contributed by atoms with Gasteiger partial charge in [-0.2, -0.15) is 0 Å². The lowest BCUT2D eigenvalue weighted by Crippen LogP contribution is -2.67. The van der Waals surface area contributed by atoms with Crippen molar-refractivity contribution in [3.05, 3.63) is 11.6 Å². The Morgan fingerprint density at radius 1 is 0.750 bits per heavy atom. The number of aliphatic hydroxyl groups excluding tert-OH is 5. The summed E-state index contributed by atoms with van der Waals surface area (Å²) in [7, 11) is 1.15. The predicted octanol–water partition coefficient (Wildman–Crippen LogP) is 4.09. The summed E-state index contributed by atoms with van der Waals surface area (Å²) in [4.78, 5) is 25.8. The number of hydrogen-bond acceptors (Lipinski definition) is 12. The van der Waals surface area contributed by atoms with E-state index in [1.807, 2.05) is 0 Å². The van der Waals surface area contributed by atoms with Gasteiger partial charge in [0.15, 0.2) is 18.7 Å². The summed E-state index contributed by atoms with van der Waals surface area (Å²) < 4.78 is 29.5. The van der Waals surface area contributed by atoms with Crippen molar-refractivity contribution in [2.75, 3.05) is 7.11 Å². The smallest absolute Gasteiger partial charge is 0.337 e. The number of aliphatic carboxylic acids is 1. The lowest BCUT2D eigenvalue weighted by Gasteiger charge is -2.71. The number of hydrogen-bond donors (Lipinski definition) is 6. The Labute approximate surface area is 331 Å². The van der Waals surface area contributed by atoms with Crippen molar-refractivity contribution in [1.82, 2.24) is 0 Å². The van der Waals surface area contributed by atoms with Crippen LogP contribution in [0.3, 0.4) is 0 Å². The molecule has 5 aliphatic carbocycles. The fourth-order valence-corrected chi connectivity index (χ4v) is 13.7. The minimum absolute atomic E-state index is 0.0339. The van der Waals surface area contributed by atoms with Gasteiger partial charge in [-0.1, -0.05) is 60.1 Å². The van der Waals surface area contributed by atoms with Crippen LogP contribution in [0.5, 0.6) is 0 Å². The fourth-order valence-electron chi connectivity index (χ4n) is 13.7. The van der Waals surface area contributed by atoms with Gasteiger partial charge < -0.3 is 54.3 Å². The van der Waals surface area contributed by atoms with Gasteiger partial charge in [-0.05, 0) is 116 Å². The first-order valence-corrected chi connectivity index (χ1v) is 21.0. The molecule has 0 bridgehead atoms. The van der Waals surface area contributed by atoms with E-state index in [2.05, 4.69) is 54.5 Å². The van der Waals surface area contributed by atoms with E-state index in [1.54, 1.807) is 0 Å². The average molecular weight is 793 g/mol. The van der Waals surface area contributed by atoms with Crippen LogP contribution < -0.4 is 0 Å². The molecule has 2 saturated heterocycles. The number of rotatable bonds is 6. The third-order valence-corrected chi connectivity index (χ3v) is 17.4. The predicted molar refractivity (Wildman–Crippen MR) is 201 cm³/mol. The van der Waals surface area contributed by atoms with E-state index in [0.717, 1.165) is 58.5 Å². The quantitative estimate of drug-likeness (QED) is 0.128. The second-order valence-electron chi connectivity index (χ2n) is 20.9. The molecule has 18 unspecified atom stereocenters. The van der Waals surface area contributed by atoms with Gasteiger partial charge in [0.2, 0.25) is 0 Å². The van der Waals surface area contributed by atoms with Crippen molar-refractivity contribution >= 4 is 11.9 Å². The van der Waals surface area contributed by atoms with Crippen LogP contribution in [-0.2, 0) is 33.3 Å². The lowest BCUT2D eigenvalue weighted by atomic mass is 9.33. The molecule has 13 heteroatoms. The Kier molecular flexibility index (Phi) is 10.8. The Balaban J connectivity index is 1.16. The van der Waals surface area contributed by atoms with Gasteiger partial charge in [-0.3, -0.25) is 4.79 Å². The molecule has 7 rings (SSSR count). The molecule has 318 valence electrons. The average Bonchev–Trinajstić information content (AvgIpc) is 3.13. The van der Waals surface area contributed by atoms with Crippen molar-refractivity contribution < 1.29 is 63.9 Å². The summed E-state index contributed by atoms with van der Waals surface area (Å²) >= 11 is 0. The summed E-state index contributed by atoms with van der Waals surface area (Å²) in [6.45, 7) is 17.9. The van der Waals surface area contributed by atoms with E-state index in [-0.39, 0.29) is 33.5 Å². The number of carboxylic acid groups (broad SMARTS) is 1. The molecule has 13 nitrogen and oxygen atoms in total. The third-order valence-electron chi connectivity index (χ3n) is 17.4. The maximum Gasteiger partial charge on any atom is 0.337 e. The fraction of sp³-hybridized carbons (Fsp3) is 0.907. The number of fused-ring (bicyclic) bond motifs is 7. The first kappa shape index (κ1) is 42.4. The Bertz CT molecular complexity index is 1560. The minimum atomic E-state index is -1.76. The summed E-state index contributed by atoms with van der Waals surface area (Å²) in [6.07, 6.45) is -4.51. The molecule has 2 heterocycles. The second kappa shape index (κ2) is 14.2. The molecular formula is C43H68O13. The van der Waals surface area contributed by atoms with Gasteiger partial charge in [0.05, 0.1) is 24.7 Å². The van der Waals surface area contributed by atoms with Crippen LogP contribution in [0.4, 0.5) is 0 Å². The third kappa shape index (κ3) is 6.18. The first-order valence-electron chi connectivity index (χ1n) is 21.0. The topological polar surface area (TPSA) is 202 Å². The highest BCUT2D eigenvalue weighted by atomic mass is 16.8. The number of carbonyl (C=O) groups is 2. The summed E-state index contributed by atoms with van der Waals surface area (Å²) in [5.74, 6) is -0.919. The number of allylic oxidation sites excluding steroid dienone is 2. The molecule has 0 aromatic rings. The lowest BCUT2D eigenvalue weighted by molar-refractivity contribution is -0.372. The molecule has 2 aliphatic heterocycles. The van der Waals surface area contributed by atoms with Crippen LogP contribution in [-0.4, -0.2) is 117 Å². The van der Waals surface area contributed by atoms with Gasteiger partial charge in [-0.25, -0.2) is 4.79 Å². The standard InChI is InChI=1S/C43H68O13/c1-21-27(44)28(45)31(48)35(53-21)56-33-30(47)29(46)32(34(49)52-9)55-36(33)54-26-13-14-40(6)24(39(26,4)5)12-15-42(8)25(40)11-10-22-23-20-38(2,3)16-18-43(23,37(50)51)19-17-41(22,42)7/h10,21,23-33,35-36,44-48H,11-20H2,1-9H3,(H,50,51). The largest absolute Gasteiger partial charge is 0.481 e. The molecule has 0 aromatic carbocycles. The van der Waals surface area contributed by atoms with E-state index < -0.39 is 90.3 Å². The number of ether oxygens (including phenoxy) is 5. The van der Waals surface area contributed by atoms with Crippen LogP contribution in [0.2, 0.25) is 0 Å². The number of esters is 1.